The molecular formula is C17H16BrN5O. The van der Waals surface area contributed by atoms with E-state index in [1.165, 1.54) is 4.80 Å². The molecule has 1 N–H and O–H groups in total. The normalized spacial score (nSPS) is 10.6. The Labute approximate surface area is 148 Å². The number of halogens is 1. The van der Waals surface area contributed by atoms with Crippen LogP contribution in [0.25, 0.3) is 11.4 Å². The fourth-order valence-corrected chi connectivity index (χ4v) is 2.69. The molecule has 1 aromatic heterocycles. The van der Waals surface area contributed by atoms with Gasteiger partial charge in [-0.2, -0.15) is 4.80 Å². The van der Waals surface area contributed by atoms with Crippen LogP contribution in [-0.4, -0.2) is 26.1 Å². The minimum Gasteiger partial charge on any atom is -0.324 e. The number of aryl methyl sites for hydroxylation is 2. The van der Waals surface area contributed by atoms with E-state index in [4.69, 9.17) is 0 Å². The molecule has 2 aromatic carbocycles. The van der Waals surface area contributed by atoms with Crippen molar-refractivity contribution in [1.82, 2.24) is 20.2 Å². The van der Waals surface area contributed by atoms with E-state index in [0.29, 0.717) is 5.82 Å². The van der Waals surface area contributed by atoms with Crippen LogP contribution in [0.15, 0.2) is 46.9 Å². The van der Waals surface area contributed by atoms with Gasteiger partial charge in [0.05, 0.1) is 0 Å². The van der Waals surface area contributed by atoms with E-state index in [2.05, 4.69) is 36.7 Å². The van der Waals surface area contributed by atoms with Gasteiger partial charge in [-0.25, -0.2) is 0 Å². The van der Waals surface area contributed by atoms with Gasteiger partial charge in [0.25, 0.3) is 0 Å². The number of amides is 1. The topological polar surface area (TPSA) is 72.7 Å². The Hall–Kier alpha value is -2.54. The number of hydrogen-bond acceptors (Lipinski definition) is 4. The highest BCUT2D eigenvalue weighted by Crippen LogP contribution is 2.20. The van der Waals surface area contributed by atoms with E-state index in [0.717, 1.165) is 26.9 Å². The van der Waals surface area contributed by atoms with E-state index >= 15 is 0 Å². The molecule has 0 fully saturated rings. The smallest absolute Gasteiger partial charge is 0.248 e. The van der Waals surface area contributed by atoms with E-state index in [1.54, 1.807) is 0 Å². The van der Waals surface area contributed by atoms with Gasteiger partial charge in [-0.3, -0.25) is 4.79 Å². The van der Waals surface area contributed by atoms with Crippen molar-refractivity contribution in [3.63, 3.8) is 0 Å². The number of anilines is 1. The maximum absolute atomic E-state index is 12.2. The number of nitrogens with zero attached hydrogens (tertiary/aromatic N) is 4. The average molecular weight is 386 g/mol. The van der Waals surface area contributed by atoms with E-state index in [-0.39, 0.29) is 12.5 Å². The van der Waals surface area contributed by atoms with Crippen LogP contribution in [0.2, 0.25) is 0 Å². The highest BCUT2D eigenvalue weighted by atomic mass is 79.9. The van der Waals surface area contributed by atoms with Crippen molar-refractivity contribution < 1.29 is 4.79 Å². The molecule has 24 heavy (non-hydrogen) atoms. The third-order valence-corrected chi connectivity index (χ3v) is 4.00. The molecule has 0 saturated heterocycles. The molecule has 0 saturated carbocycles. The second-order valence-electron chi connectivity index (χ2n) is 5.52. The maximum atomic E-state index is 12.2. The summed E-state index contributed by atoms with van der Waals surface area (Å²) >= 11 is 3.40. The molecule has 122 valence electrons. The molecule has 0 aliphatic carbocycles. The standard InChI is InChI=1S/C17H16BrN5O/c1-11-3-5-13(6-4-11)17-20-22-23(21-17)10-16(24)19-15-8-7-14(18)9-12(15)2/h3-9H,10H2,1-2H3,(H,19,24). The fraction of sp³-hybridized carbons (Fsp3) is 0.176. The summed E-state index contributed by atoms with van der Waals surface area (Å²) in [4.78, 5) is 13.4. The van der Waals surface area contributed by atoms with Crippen molar-refractivity contribution in [2.75, 3.05) is 5.32 Å². The summed E-state index contributed by atoms with van der Waals surface area (Å²) in [5.41, 5.74) is 3.78. The first-order chi connectivity index (χ1) is 11.5. The van der Waals surface area contributed by atoms with Gasteiger partial charge in [-0.05, 0) is 42.8 Å². The number of aromatic nitrogens is 4. The third kappa shape index (κ3) is 3.86. The Kier molecular flexibility index (Phi) is 4.71. The molecule has 0 unspecified atom stereocenters. The van der Waals surface area contributed by atoms with Gasteiger partial charge in [0.2, 0.25) is 11.7 Å². The van der Waals surface area contributed by atoms with Gasteiger partial charge in [0.15, 0.2) is 0 Å². The summed E-state index contributed by atoms with van der Waals surface area (Å²) in [6.07, 6.45) is 0. The lowest BCUT2D eigenvalue weighted by atomic mass is 10.1. The summed E-state index contributed by atoms with van der Waals surface area (Å²) in [6, 6.07) is 13.5. The zero-order valence-corrected chi connectivity index (χ0v) is 14.9. The molecule has 3 aromatic rings. The van der Waals surface area contributed by atoms with Crippen LogP contribution in [0.1, 0.15) is 11.1 Å². The van der Waals surface area contributed by atoms with Crippen molar-refractivity contribution in [2.45, 2.75) is 20.4 Å². The number of hydrogen-bond donors (Lipinski definition) is 1. The van der Waals surface area contributed by atoms with Crippen LogP contribution in [0.3, 0.4) is 0 Å². The van der Waals surface area contributed by atoms with Gasteiger partial charge in [0.1, 0.15) is 6.54 Å². The molecule has 7 heteroatoms. The van der Waals surface area contributed by atoms with Crippen molar-refractivity contribution >= 4 is 27.5 Å². The number of carbonyl (C=O) groups excluding carboxylic acids is 1. The summed E-state index contributed by atoms with van der Waals surface area (Å²) in [5.74, 6) is 0.302. The SMILES string of the molecule is Cc1ccc(-c2nnn(CC(=O)Nc3ccc(Br)cc3C)n2)cc1. The van der Waals surface area contributed by atoms with Crippen LogP contribution in [0, 0.1) is 13.8 Å². The third-order valence-electron chi connectivity index (χ3n) is 3.51. The predicted octanol–water partition coefficient (Wildman–Crippen LogP) is 3.36. The first-order valence-corrected chi connectivity index (χ1v) is 8.21. The van der Waals surface area contributed by atoms with Crippen LogP contribution < -0.4 is 5.32 Å². The van der Waals surface area contributed by atoms with Crippen LogP contribution in [0.5, 0.6) is 0 Å². The van der Waals surface area contributed by atoms with Crippen LogP contribution in [0.4, 0.5) is 5.69 Å². The highest BCUT2D eigenvalue weighted by Gasteiger charge is 2.10. The van der Waals surface area contributed by atoms with Crippen molar-refractivity contribution in [2.24, 2.45) is 0 Å². The molecule has 0 bridgehead atoms. The van der Waals surface area contributed by atoms with Gasteiger partial charge in [-0.15, -0.1) is 10.2 Å². The summed E-state index contributed by atoms with van der Waals surface area (Å²) in [7, 11) is 0. The Morgan fingerprint density at radius 3 is 2.62 bits per heavy atom. The quantitative estimate of drug-likeness (QED) is 0.747. The van der Waals surface area contributed by atoms with Gasteiger partial charge < -0.3 is 5.32 Å². The average Bonchev–Trinajstić information content (AvgIpc) is 2.99. The second kappa shape index (κ2) is 6.92. The number of carbonyl (C=O) groups is 1. The molecule has 0 aliphatic rings. The summed E-state index contributed by atoms with van der Waals surface area (Å²) in [6.45, 7) is 3.96. The van der Waals surface area contributed by atoms with Crippen molar-refractivity contribution in [3.05, 3.63) is 58.1 Å². The van der Waals surface area contributed by atoms with Gasteiger partial charge in [0, 0.05) is 15.7 Å². The zero-order valence-electron chi connectivity index (χ0n) is 13.3. The maximum Gasteiger partial charge on any atom is 0.248 e. The lowest BCUT2D eigenvalue weighted by molar-refractivity contribution is -0.117. The molecule has 0 radical (unpaired) electrons. The lowest BCUT2D eigenvalue weighted by Crippen LogP contribution is -2.20. The Bertz CT molecular complexity index is 873. The van der Waals surface area contributed by atoms with Crippen molar-refractivity contribution in [3.8, 4) is 11.4 Å². The molecular weight excluding hydrogens is 370 g/mol. The molecule has 1 amide bonds. The lowest BCUT2D eigenvalue weighted by Gasteiger charge is -2.08. The largest absolute Gasteiger partial charge is 0.324 e. The van der Waals surface area contributed by atoms with Gasteiger partial charge >= 0.3 is 0 Å². The molecule has 0 spiro atoms. The fourth-order valence-electron chi connectivity index (χ4n) is 2.21. The van der Waals surface area contributed by atoms with E-state index < -0.39 is 0 Å². The predicted molar refractivity (Wildman–Crippen MR) is 95.5 cm³/mol. The Balaban J connectivity index is 1.68. The Morgan fingerprint density at radius 1 is 1.17 bits per heavy atom. The minimum atomic E-state index is -0.201. The first kappa shape index (κ1) is 16.3. The molecule has 6 nitrogen and oxygen atoms in total. The van der Waals surface area contributed by atoms with E-state index in [9.17, 15) is 4.79 Å². The van der Waals surface area contributed by atoms with Crippen LogP contribution >= 0.6 is 15.9 Å². The number of nitrogens with one attached hydrogen (secondary N) is 1. The molecule has 1 heterocycles. The minimum absolute atomic E-state index is 0.00830. The number of benzene rings is 2. The summed E-state index contributed by atoms with van der Waals surface area (Å²) in [5, 5.41) is 15.0. The molecule has 3 rings (SSSR count). The van der Waals surface area contributed by atoms with Crippen molar-refractivity contribution in [1.29, 1.82) is 0 Å². The number of tetrazole rings is 1. The highest BCUT2D eigenvalue weighted by molar-refractivity contribution is 9.10. The molecule has 0 atom stereocenters. The molecule has 0 aliphatic heterocycles. The Morgan fingerprint density at radius 2 is 1.92 bits per heavy atom. The second-order valence-corrected chi connectivity index (χ2v) is 6.43. The van der Waals surface area contributed by atoms with E-state index in [1.807, 2.05) is 56.3 Å². The zero-order chi connectivity index (χ0) is 17.1. The monoisotopic (exact) mass is 385 g/mol. The van der Waals surface area contributed by atoms with Crippen LogP contribution in [-0.2, 0) is 11.3 Å². The van der Waals surface area contributed by atoms with Gasteiger partial charge in [-0.1, -0.05) is 45.8 Å². The summed E-state index contributed by atoms with van der Waals surface area (Å²) < 4.78 is 0.971. The number of rotatable bonds is 4. The first-order valence-electron chi connectivity index (χ1n) is 7.42.